The van der Waals surface area contributed by atoms with Gasteiger partial charge in [-0.25, -0.2) is 0 Å². The van der Waals surface area contributed by atoms with E-state index < -0.39 is 0 Å². The Kier molecular flexibility index (Phi) is 5.67. The third kappa shape index (κ3) is 4.22. The molecule has 0 saturated carbocycles. The number of phenols is 1. The van der Waals surface area contributed by atoms with Crippen molar-refractivity contribution in [2.24, 2.45) is 0 Å². The molecule has 28 heavy (non-hydrogen) atoms. The van der Waals surface area contributed by atoms with Gasteiger partial charge in [0.15, 0.2) is 0 Å². The molecule has 6 nitrogen and oxygen atoms in total. The molecule has 2 aliphatic rings. The maximum Gasteiger partial charge on any atom is 0.224 e. The predicted octanol–water partition coefficient (Wildman–Crippen LogP) is 2.87. The summed E-state index contributed by atoms with van der Waals surface area (Å²) in [7, 11) is 0. The second-order valence-electron chi connectivity index (χ2n) is 7.35. The van der Waals surface area contributed by atoms with Crippen molar-refractivity contribution in [1.82, 2.24) is 4.90 Å². The molecule has 0 spiro atoms. The summed E-state index contributed by atoms with van der Waals surface area (Å²) in [5.74, 6) is 1.32. The van der Waals surface area contributed by atoms with E-state index in [1.807, 2.05) is 36.4 Å². The third-order valence-electron chi connectivity index (χ3n) is 5.48. The number of carbonyl (C=O) groups is 1. The molecule has 0 bridgehead atoms. The van der Waals surface area contributed by atoms with Crippen LogP contribution in [0, 0.1) is 0 Å². The van der Waals surface area contributed by atoms with Crippen LogP contribution in [0.5, 0.6) is 11.5 Å². The van der Waals surface area contributed by atoms with Crippen LogP contribution in [0.2, 0.25) is 0 Å². The van der Waals surface area contributed by atoms with E-state index in [9.17, 15) is 9.90 Å². The Morgan fingerprint density at radius 2 is 1.82 bits per heavy atom. The maximum absolute atomic E-state index is 11.5. The van der Waals surface area contributed by atoms with Crippen molar-refractivity contribution < 1.29 is 14.6 Å². The molecular formula is C22H27N3O3. The number of hydrogen-bond donors (Lipinski definition) is 2. The highest BCUT2D eigenvalue weighted by atomic mass is 16.5. The monoisotopic (exact) mass is 381 g/mol. The van der Waals surface area contributed by atoms with Gasteiger partial charge in [-0.3, -0.25) is 9.69 Å². The molecule has 0 unspecified atom stereocenters. The minimum Gasteiger partial charge on any atom is -0.506 e. The third-order valence-corrected chi connectivity index (χ3v) is 5.48. The summed E-state index contributed by atoms with van der Waals surface area (Å²) in [6.07, 6.45) is 2.23. The first-order valence-corrected chi connectivity index (χ1v) is 10.0. The lowest BCUT2D eigenvalue weighted by Crippen LogP contribution is -2.46. The van der Waals surface area contributed by atoms with Crippen LogP contribution in [0.4, 0.5) is 11.4 Å². The smallest absolute Gasteiger partial charge is 0.224 e. The number of benzene rings is 2. The highest BCUT2D eigenvalue weighted by Gasteiger charge is 2.20. The summed E-state index contributed by atoms with van der Waals surface area (Å²) in [5.41, 5.74) is 2.92. The molecule has 2 heterocycles. The van der Waals surface area contributed by atoms with Gasteiger partial charge in [0.05, 0.1) is 12.3 Å². The summed E-state index contributed by atoms with van der Waals surface area (Å²) < 4.78 is 6.02. The van der Waals surface area contributed by atoms with E-state index in [2.05, 4.69) is 15.1 Å². The normalized spacial score (nSPS) is 17.1. The summed E-state index contributed by atoms with van der Waals surface area (Å²) in [4.78, 5) is 16.2. The van der Waals surface area contributed by atoms with Crippen LogP contribution in [0.1, 0.15) is 18.4 Å². The summed E-state index contributed by atoms with van der Waals surface area (Å²) >= 11 is 0. The predicted molar refractivity (Wildman–Crippen MR) is 110 cm³/mol. The molecule has 0 aliphatic carbocycles. The molecular weight excluding hydrogens is 354 g/mol. The van der Waals surface area contributed by atoms with Crippen molar-refractivity contribution >= 4 is 17.3 Å². The first-order valence-electron chi connectivity index (χ1n) is 10.0. The van der Waals surface area contributed by atoms with Gasteiger partial charge in [-0.05, 0) is 37.1 Å². The van der Waals surface area contributed by atoms with E-state index in [-0.39, 0.29) is 5.91 Å². The average molecular weight is 381 g/mol. The molecule has 2 aromatic carbocycles. The standard InChI is InChI=1S/C22H27N3O3/c26-20-7-2-1-6-19(20)25-14-12-24(13-15-25)11-4-16-28-21-8-3-5-18-17(21)9-10-22(27)23-18/h1-3,5-8,26H,4,9-16H2,(H,23,27). The second kappa shape index (κ2) is 8.52. The quantitative estimate of drug-likeness (QED) is 0.754. The van der Waals surface area contributed by atoms with Crippen LogP contribution < -0.4 is 15.0 Å². The number of anilines is 2. The van der Waals surface area contributed by atoms with E-state index in [1.165, 1.54) is 0 Å². The number of phenolic OH excluding ortho intramolecular Hbond substituents is 1. The van der Waals surface area contributed by atoms with Crippen molar-refractivity contribution in [3.05, 3.63) is 48.0 Å². The summed E-state index contributed by atoms with van der Waals surface area (Å²) in [6.45, 7) is 5.49. The molecule has 148 valence electrons. The molecule has 0 atom stereocenters. The fourth-order valence-corrected chi connectivity index (χ4v) is 3.94. The van der Waals surface area contributed by atoms with Gasteiger partial charge in [0.1, 0.15) is 11.5 Å². The SMILES string of the molecule is O=C1CCc2c(cccc2OCCCN2CCN(c3ccccc3O)CC2)N1. The molecule has 2 N–H and O–H groups in total. The van der Waals surface area contributed by atoms with Gasteiger partial charge < -0.3 is 20.1 Å². The maximum atomic E-state index is 11.5. The average Bonchev–Trinajstić information content (AvgIpc) is 2.72. The van der Waals surface area contributed by atoms with Gasteiger partial charge in [0.2, 0.25) is 5.91 Å². The Bertz CT molecular complexity index is 832. The zero-order valence-corrected chi connectivity index (χ0v) is 16.1. The van der Waals surface area contributed by atoms with Crippen LogP contribution in [-0.2, 0) is 11.2 Å². The van der Waals surface area contributed by atoms with Crippen LogP contribution in [0.15, 0.2) is 42.5 Å². The van der Waals surface area contributed by atoms with Crippen molar-refractivity contribution in [2.75, 3.05) is 49.5 Å². The topological polar surface area (TPSA) is 65.0 Å². The van der Waals surface area contributed by atoms with Crippen LogP contribution in [-0.4, -0.2) is 55.2 Å². The first kappa shape index (κ1) is 18.6. The lowest BCUT2D eigenvalue weighted by molar-refractivity contribution is -0.116. The van der Waals surface area contributed by atoms with Crippen LogP contribution >= 0.6 is 0 Å². The summed E-state index contributed by atoms with van der Waals surface area (Å²) in [6, 6.07) is 13.4. The Morgan fingerprint density at radius 1 is 1.00 bits per heavy atom. The molecule has 2 aromatic rings. The minimum absolute atomic E-state index is 0.0765. The van der Waals surface area contributed by atoms with E-state index >= 15 is 0 Å². The minimum atomic E-state index is 0.0765. The number of fused-ring (bicyclic) bond motifs is 1. The largest absolute Gasteiger partial charge is 0.506 e. The lowest BCUT2D eigenvalue weighted by Gasteiger charge is -2.36. The van der Waals surface area contributed by atoms with E-state index in [0.29, 0.717) is 18.8 Å². The van der Waals surface area contributed by atoms with E-state index in [1.54, 1.807) is 6.07 Å². The number of ether oxygens (including phenoxy) is 1. The summed E-state index contributed by atoms with van der Waals surface area (Å²) in [5, 5.41) is 12.9. The molecule has 4 rings (SSSR count). The number of carbonyl (C=O) groups excluding carboxylic acids is 1. The molecule has 0 aromatic heterocycles. The fraction of sp³-hybridized carbons (Fsp3) is 0.409. The van der Waals surface area contributed by atoms with Crippen molar-refractivity contribution in [1.29, 1.82) is 0 Å². The van der Waals surface area contributed by atoms with E-state index in [4.69, 9.17) is 4.74 Å². The fourth-order valence-electron chi connectivity index (χ4n) is 3.94. The molecule has 2 aliphatic heterocycles. The number of nitrogens with zero attached hydrogens (tertiary/aromatic N) is 2. The molecule has 6 heteroatoms. The number of hydrogen-bond acceptors (Lipinski definition) is 5. The van der Waals surface area contributed by atoms with Crippen LogP contribution in [0.25, 0.3) is 0 Å². The van der Waals surface area contributed by atoms with Gasteiger partial charge >= 0.3 is 0 Å². The van der Waals surface area contributed by atoms with Crippen molar-refractivity contribution in [2.45, 2.75) is 19.3 Å². The van der Waals surface area contributed by atoms with E-state index in [0.717, 1.165) is 68.3 Å². The highest BCUT2D eigenvalue weighted by Crippen LogP contribution is 2.31. The Hall–Kier alpha value is -2.73. The van der Waals surface area contributed by atoms with Crippen LogP contribution in [0.3, 0.4) is 0 Å². The Labute approximate surface area is 165 Å². The van der Waals surface area contributed by atoms with Crippen molar-refractivity contribution in [3.63, 3.8) is 0 Å². The van der Waals surface area contributed by atoms with Gasteiger partial charge in [0, 0.05) is 50.4 Å². The van der Waals surface area contributed by atoms with Gasteiger partial charge in [0.25, 0.3) is 0 Å². The van der Waals surface area contributed by atoms with Gasteiger partial charge in [-0.15, -0.1) is 0 Å². The number of nitrogens with one attached hydrogen (secondary N) is 1. The lowest BCUT2D eigenvalue weighted by atomic mass is 10.0. The number of amides is 1. The first-order chi connectivity index (χ1) is 13.7. The highest BCUT2D eigenvalue weighted by molar-refractivity contribution is 5.94. The zero-order valence-electron chi connectivity index (χ0n) is 16.1. The zero-order chi connectivity index (χ0) is 19.3. The number of aromatic hydroxyl groups is 1. The van der Waals surface area contributed by atoms with Gasteiger partial charge in [-0.2, -0.15) is 0 Å². The van der Waals surface area contributed by atoms with Crippen molar-refractivity contribution in [3.8, 4) is 11.5 Å². The molecule has 1 fully saturated rings. The number of piperazine rings is 1. The molecule has 0 radical (unpaired) electrons. The number of rotatable bonds is 6. The second-order valence-corrected chi connectivity index (χ2v) is 7.35. The number of para-hydroxylation sites is 2. The Balaban J connectivity index is 1.22. The molecule has 1 amide bonds. The van der Waals surface area contributed by atoms with Gasteiger partial charge in [-0.1, -0.05) is 18.2 Å². The Morgan fingerprint density at radius 3 is 2.64 bits per heavy atom. The molecule has 1 saturated heterocycles.